The SMILES string of the molecule is Cc1nc(N2CCC[C@H](CN)[C@H]2C)oc1C. The Hall–Kier alpha value is -1.03. The summed E-state index contributed by atoms with van der Waals surface area (Å²) in [5.41, 5.74) is 6.77. The number of nitrogens with two attached hydrogens (primary N) is 1. The predicted octanol–water partition coefficient (Wildman–Crippen LogP) is 1.86. The highest BCUT2D eigenvalue weighted by Gasteiger charge is 2.29. The van der Waals surface area contributed by atoms with E-state index in [1.807, 2.05) is 13.8 Å². The quantitative estimate of drug-likeness (QED) is 0.831. The molecule has 0 bridgehead atoms. The van der Waals surface area contributed by atoms with Gasteiger partial charge in [-0.3, -0.25) is 0 Å². The number of oxazole rings is 1. The average molecular weight is 223 g/mol. The fourth-order valence-electron chi connectivity index (χ4n) is 2.39. The molecule has 0 aliphatic carbocycles. The smallest absolute Gasteiger partial charge is 0.297 e. The van der Waals surface area contributed by atoms with E-state index in [-0.39, 0.29) is 0 Å². The summed E-state index contributed by atoms with van der Waals surface area (Å²) in [7, 11) is 0. The van der Waals surface area contributed by atoms with Crippen LogP contribution < -0.4 is 10.6 Å². The minimum atomic E-state index is 0.427. The van der Waals surface area contributed by atoms with Gasteiger partial charge in [0.15, 0.2) is 0 Å². The Labute approximate surface area is 96.8 Å². The standard InChI is InChI=1S/C12H21N3O/c1-8-10(3)16-12(14-8)15-6-4-5-11(7-13)9(15)2/h9,11H,4-7,13H2,1-3H3/t9-,11-/m1/s1. The van der Waals surface area contributed by atoms with Gasteiger partial charge in [-0.15, -0.1) is 0 Å². The van der Waals surface area contributed by atoms with Crippen molar-refractivity contribution < 1.29 is 4.42 Å². The van der Waals surface area contributed by atoms with Crippen LogP contribution in [-0.2, 0) is 0 Å². The van der Waals surface area contributed by atoms with E-state index in [0.29, 0.717) is 12.0 Å². The number of anilines is 1. The van der Waals surface area contributed by atoms with Crippen LogP contribution in [0.25, 0.3) is 0 Å². The number of aromatic nitrogens is 1. The largest absolute Gasteiger partial charge is 0.429 e. The van der Waals surface area contributed by atoms with Gasteiger partial charge < -0.3 is 15.1 Å². The molecule has 2 rings (SSSR count). The number of aryl methyl sites for hydroxylation is 2. The Kier molecular flexibility index (Phi) is 3.19. The molecule has 2 atom stereocenters. The lowest BCUT2D eigenvalue weighted by Gasteiger charge is -2.37. The fourth-order valence-corrected chi connectivity index (χ4v) is 2.39. The molecule has 1 aliphatic heterocycles. The second-order valence-corrected chi connectivity index (χ2v) is 4.71. The first-order valence-electron chi connectivity index (χ1n) is 6.04. The molecule has 1 saturated heterocycles. The van der Waals surface area contributed by atoms with Gasteiger partial charge in [0.05, 0.1) is 5.69 Å². The molecule has 90 valence electrons. The highest BCUT2D eigenvalue weighted by Crippen LogP contribution is 2.28. The van der Waals surface area contributed by atoms with Crippen molar-refractivity contribution in [3.63, 3.8) is 0 Å². The molecule has 0 aromatic carbocycles. The zero-order chi connectivity index (χ0) is 11.7. The second kappa shape index (κ2) is 4.45. The van der Waals surface area contributed by atoms with E-state index in [0.717, 1.165) is 30.6 Å². The zero-order valence-electron chi connectivity index (χ0n) is 10.4. The van der Waals surface area contributed by atoms with Crippen molar-refractivity contribution in [2.75, 3.05) is 18.0 Å². The van der Waals surface area contributed by atoms with Crippen LogP contribution in [0.3, 0.4) is 0 Å². The summed E-state index contributed by atoms with van der Waals surface area (Å²) in [6, 6.07) is 1.19. The summed E-state index contributed by atoms with van der Waals surface area (Å²) < 4.78 is 5.69. The number of piperidine rings is 1. The molecule has 16 heavy (non-hydrogen) atoms. The lowest BCUT2D eigenvalue weighted by molar-refractivity contribution is 0.326. The first-order chi connectivity index (χ1) is 7.63. The molecule has 0 saturated carbocycles. The number of hydrogen-bond acceptors (Lipinski definition) is 4. The molecule has 4 heteroatoms. The Morgan fingerprint density at radius 3 is 2.81 bits per heavy atom. The maximum Gasteiger partial charge on any atom is 0.297 e. The minimum absolute atomic E-state index is 0.427. The number of rotatable bonds is 2. The van der Waals surface area contributed by atoms with Crippen molar-refractivity contribution in [1.82, 2.24) is 4.98 Å². The zero-order valence-corrected chi connectivity index (χ0v) is 10.4. The number of nitrogens with zero attached hydrogens (tertiary/aromatic N) is 2. The van der Waals surface area contributed by atoms with Gasteiger partial charge in [0, 0.05) is 12.6 Å². The number of hydrogen-bond donors (Lipinski definition) is 1. The van der Waals surface area contributed by atoms with Crippen LogP contribution in [0, 0.1) is 19.8 Å². The van der Waals surface area contributed by atoms with E-state index < -0.39 is 0 Å². The van der Waals surface area contributed by atoms with E-state index in [4.69, 9.17) is 10.2 Å². The summed E-state index contributed by atoms with van der Waals surface area (Å²) in [6.07, 6.45) is 2.39. The minimum Gasteiger partial charge on any atom is -0.429 e. The van der Waals surface area contributed by atoms with Crippen molar-refractivity contribution in [2.45, 2.75) is 39.7 Å². The van der Waals surface area contributed by atoms with Crippen LogP contribution in [0.5, 0.6) is 0 Å². The highest BCUT2D eigenvalue weighted by atomic mass is 16.4. The molecule has 0 radical (unpaired) electrons. The van der Waals surface area contributed by atoms with Gasteiger partial charge in [-0.05, 0) is 46.1 Å². The third-order valence-electron chi connectivity index (χ3n) is 3.71. The lowest BCUT2D eigenvalue weighted by atomic mass is 9.91. The molecule has 4 nitrogen and oxygen atoms in total. The van der Waals surface area contributed by atoms with E-state index in [1.165, 1.54) is 12.8 Å². The monoisotopic (exact) mass is 223 g/mol. The Bertz CT molecular complexity index is 342. The van der Waals surface area contributed by atoms with E-state index in [9.17, 15) is 0 Å². The van der Waals surface area contributed by atoms with Gasteiger partial charge in [0.2, 0.25) is 0 Å². The van der Waals surface area contributed by atoms with E-state index >= 15 is 0 Å². The maximum atomic E-state index is 5.79. The van der Waals surface area contributed by atoms with Gasteiger partial charge in [0.25, 0.3) is 6.01 Å². The third-order valence-corrected chi connectivity index (χ3v) is 3.71. The van der Waals surface area contributed by atoms with Crippen LogP contribution in [0.15, 0.2) is 4.42 Å². The van der Waals surface area contributed by atoms with Crippen LogP contribution in [-0.4, -0.2) is 24.1 Å². The summed E-state index contributed by atoms with van der Waals surface area (Å²) in [4.78, 5) is 6.72. The van der Waals surface area contributed by atoms with Gasteiger partial charge in [-0.25, -0.2) is 0 Å². The van der Waals surface area contributed by atoms with Gasteiger partial charge in [0.1, 0.15) is 5.76 Å². The highest BCUT2D eigenvalue weighted by molar-refractivity contribution is 5.32. The molecule has 2 N–H and O–H groups in total. The average Bonchev–Trinajstić information content (AvgIpc) is 2.59. The van der Waals surface area contributed by atoms with Crippen molar-refractivity contribution in [3.8, 4) is 0 Å². The first kappa shape index (κ1) is 11.5. The molecule has 0 unspecified atom stereocenters. The molecular formula is C12H21N3O. The predicted molar refractivity (Wildman–Crippen MR) is 64.6 cm³/mol. The molecule has 2 heterocycles. The fraction of sp³-hybridized carbons (Fsp3) is 0.750. The molecule has 0 amide bonds. The summed E-state index contributed by atoms with van der Waals surface area (Å²) >= 11 is 0. The van der Waals surface area contributed by atoms with Gasteiger partial charge in [-0.1, -0.05) is 0 Å². The Morgan fingerprint density at radius 1 is 1.50 bits per heavy atom. The van der Waals surface area contributed by atoms with Crippen molar-refractivity contribution in [2.24, 2.45) is 11.7 Å². The molecule has 1 aromatic rings. The van der Waals surface area contributed by atoms with Gasteiger partial charge >= 0.3 is 0 Å². The molecule has 0 spiro atoms. The summed E-state index contributed by atoms with van der Waals surface area (Å²) in [6.45, 7) is 7.93. The second-order valence-electron chi connectivity index (χ2n) is 4.71. The summed E-state index contributed by atoms with van der Waals surface area (Å²) in [5, 5.41) is 0. The van der Waals surface area contributed by atoms with Gasteiger partial charge in [-0.2, -0.15) is 4.98 Å². The molecule has 1 aliphatic rings. The summed E-state index contributed by atoms with van der Waals surface area (Å²) in [5.74, 6) is 1.47. The lowest BCUT2D eigenvalue weighted by Crippen LogP contribution is -2.46. The van der Waals surface area contributed by atoms with Crippen LogP contribution in [0.2, 0.25) is 0 Å². The maximum absolute atomic E-state index is 5.79. The van der Waals surface area contributed by atoms with Crippen molar-refractivity contribution in [1.29, 1.82) is 0 Å². The molecular weight excluding hydrogens is 202 g/mol. The van der Waals surface area contributed by atoms with E-state index in [1.54, 1.807) is 0 Å². The van der Waals surface area contributed by atoms with Crippen LogP contribution >= 0.6 is 0 Å². The van der Waals surface area contributed by atoms with Crippen molar-refractivity contribution >= 4 is 6.01 Å². The first-order valence-corrected chi connectivity index (χ1v) is 6.04. The van der Waals surface area contributed by atoms with Crippen LogP contribution in [0.4, 0.5) is 6.01 Å². The Morgan fingerprint density at radius 2 is 2.25 bits per heavy atom. The van der Waals surface area contributed by atoms with Crippen LogP contribution in [0.1, 0.15) is 31.2 Å². The van der Waals surface area contributed by atoms with E-state index in [2.05, 4.69) is 16.8 Å². The Balaban J connectivity index is 2.19. The topological polar surface area (TPSA) is 55.3 Å². The molecule has 1 fully saturated rings. The van der Waals surface area contributed by atoms with Crippen molar-refractivity contribution in [3.05, 3.63) is 11.5 Å². The third kappa shape index (κ3) is 1.94. The normalized spacial score (nSPS) is 26.1. The molecule has 1 aromatic heterocycles.